The van der Waals surface area contributed by atoms with Crippen LogP contribution in [0.4, 0.5) is 24.5 Å². The van der Waals surface area contributed by atoms with E-state index in [0.717, 1.165) is 4.90 Å². The van der Waals surface area contributed by atoms with Crippen molar-refractivity contribution in [1.29, 1.82) is 0 Å². The highest BCUT2D eigenvalue weighted by Crippen LogP contribution is 2.22. The summed E-state index contributed by atoms with van der Waals surface area (Å²) in [6.07, 6.45) is -4.60. The summed E-state index contributed by atoms with van der Waals surface area (Å²) >= 11 is 0. The molecule has 1 aromatic carbocycles. The van der Waals surface area contributed by atoms with Crippen molar-refractivity contribution in [3.63, 3.8) is 0 Å². The highest BCUT2D eigenvalue weighted by Gasteiger charge is 2.39. The van der Waals surface area contributed by atoms with Crippen LogP contribution in [0.15, 0.2) is 24.3 Å². The molecule has 8 nitrogen and oxygen atoms in total. The number of rotatable bonds is 8. The molecule has 3 amide bonds. The van der Waals surface area contributed by atoms with Gasteiger partial charge < -0.3 is 20.7 Å². The van der Waals surface area contributed by atoms with Gasteiger partial charge in [-0.15, -0.1) is 0 Å². The highest BCUT2D eigenvalue weighted by atomic mass is 19.4. The van der Waals surface area contributed by atoms with E-state index >= 15 is 0 Å². The van der Waals surface area contributed by atoms with Crippen molar-refractivity contribution in [2.45, 2.75) is 26.1 Å². The molecule has 3 N–H and O–H groups in total. The van der Waals surface area contributed by atoms with Crippen LogP contribution in [-0.4, -0.2) is 67.7 Å². The molecule has 1 aliphatic heterocycles. The maximum atomic E-state index is 13.0. The number of carbonyl (C=O) groups excluding carboxylic acids is 3. The van der Waals surface area contributed by atoms with Gasteiger partial charge in [0.2, 0.25) is 5.91 Å². The number of nitrogens with two attached hydrogens (primary N) is 1. The molecular formula is C19H25F3N4O4. The van der Waals surface area contributed by atoms with E-state index < -0.39 is 30.6 Å². The molecule has 0 saturated carbocycles. The van der Waals surface area contributed by atoms with Crippen molar-refractivity contribution in [1.82, 2.24) is 4.90 Å². The number of ether oxygens (including phenoxy) is 1. The lowest BCUT2D eigenvalue weighted by Gasteiger charge is -2.30. The first-order valence-electron chi connectivity index (χ1n) is 9.37. The number of primary amides is 1. The van der Waals surface area contributed by atoms with E-state index in [0.29, 0.717) is 18.8 Å². The summed E-state index contributed by atoms with van der Waals surface area (Å²) in [5, 5.41) is 2.43. The number of halogens is 3. The molecule has 0 unspecified atom stereocenters. The van der Waals surface area contributed by atoms with Crippen LogP contribution in [0.5, 0.6) is 0 Å². The van der Waals surface area contributed by atoms with E-state index in [2.05, 4.69) is 5.32 Å². The van der Waals surface area contributed by atoms with E-state index in [4.69, 9.17) is 10.5 Å². The molecule has 1 heterocycles. The SMILES string of the molecule is CC(C)CN(CC(F)(F)F)[C@H](C(N)=O)C(=O)Nc1ccc(N2CCOCC2=O)cc1. The van der Waals surface area contributed by atoms with Crippen molar-refractivity contribution in [2.75, 3.05) is 43.1 Å². The lowest BCUT2D eigenvalue weighted by molar-refractivity contribution is -0.158. The number of amides is 3. The molecule has 30 heavy (non-hydrogen) atoms. The predicted molar refractivity (Wildman–Crippen MR) is 104 cm³/mol. The Morgan fingerprint density at radius 3 is 2.40 bits per heavy atom. The number of morpholine rings is 1. The van der Waals surface area contributed by atoms with Gasteiger partial charge in [-0.1, -0.05) is 13.8 Å². The molecule has 1 fully saturated rings. The third kappa shape index (κ3) is 6.70. The van der Waals surface area contributed by atoms with Gasteiger partial charge in [-0.2, -0.15) is 13.2 Å². The Kier molecular flexibility index (Phi) is 7.79. The Labute approximate surface area is 172 Å². The molecule has 2 rings (SSSR count). The maximum absolute atomic E-state index is 13.0. The molecule has 0 aromatic heterocycles. The van der Waals surface area contributed by atoms with Gasteiger partial charge >= 0.3 is 6.18 Å². The molecule has 11 heteroatoms. The van der Waals surface area contributed by atoms with E-state index in [1.54, 1.807) is 26.0 Å². The third-order valence-corrected chi connectivity index (χ3v) is 4.30. The molecule has 1 atom stereocenters. The first-order chi connectivity index (χ1) is 14.0. The Morgan fingerprint density at radius 2 is 1.90 bits per heavy atom. The monoisotopic (exact) mass is 430 g/mol. The van der Waals surface area contributed by atoms with Gasteiger partial charge in [-0.05, 0) is 30.2 Å². The quantitative estimate of drug-likeness (QED) is 0.606. The number of hydrogen-bond donors (Lipinski definition) is 2. The summed E-state index contributed by atoms with van der Waals surface area (Å²) in [6.45, 7) is 2.52. The van der Waals surface area contributed by atoms with Crippen molar-refractivity contribution in [3.8, 4) is 0 Å². The number of hydrogen-bond acceptors (Lipinski definition) is 5. The van der Waals surface area contributed by atoms with Gasteiger partial charge in [-0.3, -0.25) is 19.3 Å². The highest BCUT2D eigenvalue weighted by molar-refractivity contribution is 6.09. The van der Waals surface area contributed by atoms with Gasteiger partial charge in [0.25, 0.3) is 11.8 Å². The molecule has 0 spiro atoms. The summed E-state index contributed by atoms with van der Waals surface area (Å²) in [6, 6.07) is 4.36. The molecule has 1 aromatic rings. The molecular weight excluding hydrogens is 405 g/mol. The minimum Gasteiger partial charge on any atom is -0.370 e. The number of nitrogens with one attached hydrogen (secondary N) is 1. The van der Waals surface area contributed by atoms with Crippen LogP contribution in [0, 0.1) is 5.92 Å². The fourth-order valence-corrected chi connectivity index (χ4v) is 3.16. The maximum Gasteiger partial charge on any atom is 0.401 e. The summed E-state index contributed by atoms with van der Waals surface area (Å²) in [4.78, 5) is 38.6. The molecule has 0 aliphatic carbocycles. The van der Waals surface area contributed by atoms with Crippen LogP contribution in [0.3, 0.4) is 0 Å². The molecule has 0 radical (unpaired) electrons. The third-order valence-electron chi connectivity index (χ3n) is 4.30. The van der Waals surface area contributed by atoms with Crippen LogP contribution in [-0.2, 0) is 19.1 Å². The van der Waals surface area contributed by atoms with Crippen LogP contribution < -0.4 is 16.0 Å². The fourth-order valence-electron chi connectivity index (χ4n) is 3.16. The average Bonchev–Trinajstić information content (AvgIpc) is 2.60. The Balaban J connectivity index is 2.15. The minimum absolute atomic E-state index is 0.0241. The summed E-state index contributed by atoms with van der Waals surface area (Å²) in [5.74, 6) is -2.56. The van der Waals surface area contributed by atoms with Crippen LogP contribution in [0.25, 0.3) is 0 Å². The molecule has 0 bridgehead atoms. The normalized spacial score (nSPS) is 16.1. The molecule has 1 aliphatic rings. The number of nitrogens with zero attached hydrogens (tertiary/aromatic N) is 2. The van der Waals surface area contributed by atoms with Crippen molar-refractivity contribution >= 4 is 29.1 Å². The van der Waals surface area contributed by atoms with Crippen LogP contribution in [0.1, 0.15) is 13.8 Å². The van der Waals surface area contributed by atoms with E-state index in [-0.39, 0.29) is 30.7 Å². The standard InChI is InChI=1S/C19H25F3N4O4/c1-12(2)9-25(11-19(20,21)22)16(17(23)28)18(29)24-13-3-5-14(6-4-13)26-7-8-30-10-15(26)27/h3-6,12,16H,7-11H2,1-2H3,(H2,23,28)(H,24,29)/t16-/m1/s1. The topological polar surface area (TPSA) is 105 Å². The van der Waals surface area contributed by atoms with Gasteiger partial charge in [0.15, 0.2) is 6.04 Å². The van der Waals surface area contributed by atoms with E-state index in [1.807, 2.05) is 0 Å². The molecule has 1 saturated heterocycles. The second-order valence-electron chi connectivity index (χ2n) is 7.38. The Morgan fingerprint density at radius 1 is 1.27 bits per heavy atom. The lowest BCUT2D eigenvalue weighted by atomic mass is 10.1. The van der Waals surface area contributed by atoms with Crippen LogP contribution in [0.2, 0.25) is 0 Å². The average molecular weight is 430 g/mol. The minimum atomic E-state index is -4.60. The Bertz CT molecular complexity index is 768. The van der Waals surface area contributed by atoms with Gasteiger partial charge in [0, 0.05) is 24.5 Å². The smallest absolute Gasteiger partial charge is 0.370 e. The summed E-state index contributed by atoms with van der Waals surface area (Å²) in [5.41, 5.74) is 6.10. The first kappa shape index (κ1) is 23.6. The number of alkyl halides is 3. The van der Waals surface area contributed by atoms with Crippen molar-refractivity contribution < 1.29 is 32.3 Å². The Hall–Kier alpha value is -2.66. The largest absolute Gasteiger partial charge is 0.401 e. The summed E-state index contributed by atoms with van der Waals surface area (Å²) in [7, 11) is 0. The van der Waals surface area contributed by atoms with Crippen LogP contribution >= 0.6 is 0 Å². The van der Waals surface area contributed by atoms with Gasteiger partial charge in [-0.25, -0.2) is 0 Å². The number of benzene rings is 1. The van der Waals surface area contributed by atoms with Gasteiger partial charge in [0.05, 0.1) is 13.2 Å². The number of anilines is 2. The van der Waals surface area contributed by atoms with Gasteiger partial charge in [0.1, 0.15) is 6.61 Å². The van der Waals surface area contributed by atoms with Crippen molar-refractivity contribution in [2.24, 2.45) is 11.7 Å². The first-order valence-corrected chi connectivity index (χ1v) is 9.37. The predicted octanol–water partition coefficient (Wildman–Crippen LogP) is 1.36. The second kappa shape index (κ2) is 9.90. The fraction of sp³-hybridized carbons (Fsp3) is 0.526. The molecule has 166 valence electrons. The van der Waals surface area contributed by atoms with E-state index in [1.165, 1.54) is 17.0 Å². The van der Waals surface area contributed by atoms with E-state index in [9.17, 15) is 27.6 Å². The van der Waals surface area contributed by atoms with Crippen molar-refractivity contribution in [3.05, 3.63) is 24.3 Å². The summed E-state index contributed by atoms with van der Waals surface area (Å²) < 4.78 is 43.9. The second-order valence-corrected chi connectivity index (χ2v) is 7.38. The zero-order chi connectivity index (χ0) is 22.5. The zero-order valence-electron chi connectivity index (χ0n) is 16.7. The number of carbonyl (C=O) groups is 3. The zero-order valence-corrected chi connectivity index (χ0v) is 16.7. The lowest BCUT2D eigenvalue weighted by Crippen LogP contribution is -2.55.